The van der Waals surface area contributed by atoms with Crippen molar-refractivity contribution in [1.29, 1.82) is 0 Å². The zero-order chi connectivity index (χ0) is 18.3. The molecule has 1 amide bonds. The van der Waals surface area contributed by atoms with Crippen LogP contribution >= 0.6 is 11.3 Å². The number of unbranched alkanes of at least 4 members (excludes halogenated alkanes) is 1. The number of ether oxygens (including phenoxy) is 1. The number of aryl methyl sites for hydroxylation is 1. The molecule has 0 atom stereocenters. The fourth-order valence-corrected chi connectivity index (χ4v) is 3.21. The van der Waals surface area contributed by atoms with E-state index in [9.17, 15) is 4.79 Å². The molecule has 0 aliphatic carbocycles. The normalized spacial score (nSPS) is 11.5. The monoisotopic (exact) mass is 361 g/mol. The van der Waals surface area contributed by atoms with Gasteiger partial charge in [0.05, 0.1) is 4.88 Å². The van der Waals surface area contributed by atoms with E-state index in [0.717, 1.165) is 28.4 Å². The van der Waals surface area contributed by atoms with Gasteiger partial charge in [0.2, 0.25) is 0 Å². The highest BCUT2D eigenvalue weighted by Crippen LogP contribution is 2.26. The first-order valence-corrected chi connectivity index (χ1v) is 9.36. The number of amides is 1. The first-order valence-electron chi connectivity index (χ1n) is 8.55. The number of aromatic nitrogens is 1. The third-order valence-corrected chi connectivity index (χ3v) is 4.68. The van der Waals surface area contributed by atoms with E-state index in [-0.39, 0.29) is 12.1 Å². The Morgan fingerprint density at radius 1 is 1.24 bits per heavy atom. The summed E-state index contributed by atoms with van der Waals surface area (Å²) < 4.78 is 4.79. The van der Waals surface area contributed by atoms with Gasteiger partial charge in [-0.05, 0) is 52.1 Å². The van der Waals surface area contributed by atoms with E-state index in [0.29, 0.717) is 0 Å². The Hall–Kier alpha value is -1.92. The highest BCUT2D eigenvalue weighted by atomic mass is 32.1. The van der Waals surface area contributed by atoms with E-state index in [2.05, 4.69) is 55.3 Å². The predicted molar refractivity (Wildman–Crippen MR) is 103 cm³/mol. The lowest BCUT2D eigenvalue weighted by Crippen LogP contribution is -2.36. The lowest BCUT2D eigenvalue weighted by atomic mass is 10.1. The van der Waals surface area contributed by atoms with Gasteiger partial charge in [0.1, 0.15) is 11.6 Å². The molecule has 0 unspecified atom stereocenters. The molecular weight excluding hydrogens is 334 g/mol. The highest BCUT2D eigenvalue weighted by Gasteiger charge is 2.08. The van der Waals surface area contributed by atoms with Crippen molar-refractivity contribution >= 4 is 17.4 Å². The smallest absolute Gasteiger partial charge is 0.404 e. The van der Waals surface area contributed by atoms with Gasteiger partial charge in [0.25, 0.3) is 0 Å². The Morgan fingerprint density at radius 2 is 1.96 bits per heavy atom. The number of nitrogens with zero attached hydrogens (tertiary/aromatic N) is 1. The van der Waals surface area contributed by atoms with Crippen molar-refractivity contribution in [3.63, 3.8) is 0 Å². The number of nitrogens with two attached hydrogens (primary N) is 1. The summed E-state index contributed by atoms with van der Waals surface area (Å²) in [5, 5.41) is 4.43. The Kier molecular flexibility index (Phi) is 6.96. The molecule has 2 aromatic rings. The van der Waals surface area contributed by atoms with Crippen LogP contribution in [0.5, 0.6) is 0 Å². The first kappa shape index (κ1) is 19.4. The number of hydrogen-bond donors (Lipinski definition) is 2. The number of benzene rings is 1. The minimum atomic E-state index is -0.767. The van der Waals surface area contributed by atoms with E-state index in [1.165, 1.54) is 29.7 Å². The minimum absolute atomic E-state index is 0.174. The van der Waals surface area contributed by atoms with Gasteiger partial charge in [-0.3, -0.25) is 0 Å². The van der Waals surface area contributed by atoms with E-state index < -0.39 is 6.09 Å². The number of rotatable bonds is 8. The van der Waals surface area contributed by atoms with Gasteiger partial charge in [-0.2, -0.15) is 0 Å². The number of hydrogen-bond acceptors (Lipinski definition) is 5. The van der Waals surface area contributed by atoms with Crippen LogP contribution in [0.4, 0.5) is 4.79 Å². The molecule has 5 nitrogen and oxygen atoms in total. The van der Waals surface area contributed by atoms with Gasteiger partial charge >= 0.3 is 6.09 Å². The second-order valence-electron chi connectivity index (χ2n) is 7.07. The third-order valence-electron chi connectivity index (χ3n) is 3.66. The molecule has 0 fully saturated rings. The molecule has 25 heavy (non-hydrogen) atoms. The maximum absolute atomic E-state index is 10.6. The van der Waals surface area contributed by atoms with Crippen molar-refractivity contribution < 1.29 is 9.53 Å². The standard InChI is InChI=1S/C19H27N3O2S/c1-19(2,3)22-11-5-4-6-14-7-9-15(10-8-14)17-21-12-16(25-17)13-24-18(20)23/h7-10,12,22H,4-6,11,13H2,1-3H3,(H2,20,23). The Labute approximate surface area is 153 Å². The summed E-state index contributed by atoms with van der Waals surface area (Å²) in [6.45, 7) is 7.80. The van der Waals surface area contributed by atoms with Crippen LogP contribution in [0.3, 0.4) is 0 Å². The van der Waals surface area contributed by atoms with Gasteiger partial charge < -0.3 is 15.8 Å². The third kappa shape index (κ3) is 7.23. The summed E-state index contributed by atoms with van der Waals surface area (Å²) >= 11 is 1.51. The van der Waals surface area contributed by atoms with Crippen molar-refractivity contribution in [2.75, 3.05) is 6.54 Å². The summed E-state index contributed by atoms with van der Waals surface area (Å²) in [7, 11) is 0. The fourth-order valence-electron chi connectivity index (χ4n) is 2.38. The number of thiazole rings is 1. The van der Waals surface area contributed by atoms with E-state index >= 15 is 0 Å². The Bertz CT molecular complexity index is 675. The molecule has 3 N–H and O–H groups in total. The molecule has 0 saturated heterocycles. The van der Waals surface area contributed by atoms with Crippen LogP contribution in [0.25, 0.3) is 10.6 Å². The van der Waals surface area contributed by atoms with E-state index in [4.69, 9.17) is 10.5 Å². The largest absolute Gasteiger partial charge is 0.444 e. The van der Waals surface area contributed by atoms with Crippen molar-refractivity contribution in [3.8, 4) is 10.6 Å². The lowest BCUT2D eigenvalue weighted by molar-refractivity contribution is 0.151. The van der Waals surface area contributed by atoms with Crippen LogP contribution in [-0.4, -0.2) is 23.2 Å². The molecule has 6 heteroatoms. The lowest BCUT2D eigenvalue weighted by Gasteiger charge is -2.20. The van der Waals surface area contributed by atoms with Gasteiger partial charge in [0.15, 0.2) is 0 Å². The Morgan fingerprint density at radius 3 is 2.60 bits per heavy atom. The summed E-state index contributed by atoms with van der Waals surface area (Å²) in [4.78, 5) is 15.9. The predicted octanol–water partition coefficient (Wildman–Crippen LogP) is 4.12. The molecule has 0 spiro atoms. The number of carbonyl (C=O) groups excluding carboxylic acids is 1. The SMILES string of the molecule is CC(C)(C)NCCCCc1ccc(-c2ncc(COC(N)=O)s2)cc1. The zero-order valence-corrected chi connectivity index (χ0v) is 16.0. The van der Waals surface area contributed by atoms with Crippen LogP contribution in [0.15, 0.2) is 30.5 Å². The highest BCUT2D eigenvalue weighted by molar-refractivity contribution is 7.15. The first-order chi connectivity index (χ1) is 11.8. The molecule has 2 rings (SSSR count). The van der Waals surface area contributed by atoms with E-state index in [1.807, 2.05) is 0 Å². The summed E-state index contributed by atoms with van der Waals surface area (Å²) in [5.74, 6) is 0. The quantitative estimate of drug-likeness (QED) is 0.694. The number of primary amides is 1. The van der Waals surface area contributed by atoms with E-state index in [1.54, 1.807) is 6.20 Å². The maximum Gasteiger partial charge on any atom is 0.404 e. The Balaban J connectivity index is 1.80. The second-order valence-corrected chi connectivity index (χ2v) is 8.19. The molecule has 0 aliphatic rings. The molecular formula is C19H27N3O2S. The zero-order valence-electron chi connectivity index (χ0n) is 15.2. The average Bonchev–Trinajstić information content (AvgIpc) is 3.01. The van der Waals surface area contributed by atoms with Crippen molar-refractivity contribution in [2.45, 2.75) is 52.2 Å². The van der Waals surface area contributed by atoms with Crippen LogP contribution in [0, 0.1) is 0 Å². The maximum atomic E-state index is 10.6. The molecule has 0 bridgehead atoms. The van der Waals surface area contributed by atoms with Crippen molar-refractivity contribution in [2.24, 2.45) is 5.73 Å². The molecule has 0 radical (unpaired) electrons. The number of carbonyl (C=O) groups is 1. The molecule has 1 aromatic heterocycles. The molecule has 0 aliphatic heterocycles. The van der Waals surface area contributed by atoms with Crippen molar-refractivity contribution in [1.82, 2.24) is 10.3 Å². The summed E-state index contributed by atoms with van der Waals surface area (Å²) in [5.41, 5.74) is 7.58. The number of nitrogens with one attached hydrogen (secondary N) is 1. The average molecular weight is 362 g/mol. The molecule has 1 heterocycles. The van der Waals surface area contributed by atoms with Gasteiger partial charge in [-0.25, -0.2) is 9.78 Å². The fraction of sp³-hybridized carbons (Fsp3) is 0.474. The molecule has 136 valence electrons. The molecule has 1 aromatic carbocycles. The second kappa shape index (κ2) is 8.97. The molecule has 0 saturated carbocycles. The topological polar surface area (TPSA) is 77.2 Å². The van der Waals surface area contributed by atoms with Crippen LogP contribution in [0.2, 0.25) is 0 Å². The van der Waals surface area contributed by atoms with Crippen LogP contribution in [-0.2, 0) is 17.8 Å². The van der Waals surface area contributed by atoms with Gasteiger partial charge in [-0.15, -0.1) is 11.3 Å². The summed E-state index contributed by atoms with van der Waals surface area (Å²) in [6, 6.07) is 8.52. The van der Waals surface area contributed by atoms with Crippen LogP contribution in [0.1, 0.15) is 44.1 Å². The van der Waals surface area contributed by atoms with Crippen LogP contribution < -0.4 is 11.1 Å². The van der Waals surface area contributed by atoms with Gasteiger partial charge in [-0.1, -0.05) is 24.3 Å². The summed E-state index contributed by atoms with van der Waals surface area (Å²) in [6.07, 6.45) is 4.39. The van der Waals surface area contributed by atoms with Crippen molar-refractivity contribution in [3.05, 3.63) is 40.9 Å². The van der Waals surface area contributed by atoms with Gasteiger partial charge in [0, 0.05) is 17.3 Å². The minimum Gasteiger partial charge on any atom is -0.444 e.